The van der Waals surface area contributed by atoms with Gasteiger partial charge in [0.1, 0.15) is 5.82 Å². The minimum Gasteiger partial charge on any atom is -0.338 e. The van der Waals surface area contributed by atoms with Crippen LogP contribution in [0.1, 0.15) is 45.9 Å². The van der Waals surface area contributed by atoms with E-state index in [2.05, 4.69) is 40.6 Å². The number of anilines is 4. The zero-order valence-corrected chi connectivity index (χ0v) is 22.2. The number of benzene rings is 2. The lowest BCUT2D eigenvalue weighted by Crippen LogP contribution is -2.46. The molecular formula is C29H29F3N8O. The molecule has 1 saturated heterocycles. The molecule has 2 aromatic heterocycles. The largest absolute Gasteiger partial charge is 0.417 e. The van der Waals surface area contributed by atoms with E-state index < -0.39 is 23.2 Å². The highest BCUT2D eigenvalue weighted by Gasteiger charge is 2.34. The molecule has 2 aliphatic rings. The number of alkyl halides is 3. The first-order valence-corrected chi connectivity index (χ1v) is 13.5. The summed E-state index contributed by atoms with van der Waals surface area (Å²) in [6.07, 6.45) is -0.446. The molecule has 2 aromatic carbocycles. The summed E-state index contributed by atoms with van der Waals surface area (Å²) < 4.78 is 39.8. The lowest BCUT2D eigenvalue weighted by molar-refractivity contribution is -0.137. The third kappa shape index (κ3) is 6.49. The predicted octanol–water partition coefficient (Wildman–Crippen LogP) is 5.41. The van der Waals surface area contributed by atoms with Crippen molar-refractivity contribution in [2.24, 2.45) is 0 Å². The summed E-state index contributed by atoms with van der Waals surface area (Å²) in [5.41, 5.74) is 1.27. The van der Waals surface area contributed by atoms with E-state index >= 15 is 0 Å². The summed E-state index contributed by atoms with van der Waals surface area (Å²) in [6, 6.07) is 15.8. The zero-order valence-electron chi connectivity index (χ0n) is 22.2. The molecule has 212 valence electrons. The van der Waals surface area contributed by atoms with Gasteiger partial charge in [-0.25, -0.2) is 4.98 Å². The van der Waals surface area contributed by atoms with Gasteiger partial charge in [-0.15, -0.1) is 0 Å². The summed E-state index contributed by atoms with van der Waals surface area (Å²) >= 11 is 0. The van der Waals surface area contributed by atoms with Crippen LogP contribution in [0.2, 0.25) is 0 Å². The Balaban J connectivity index is 1.00. The summed E-state index contributed by atoms with van der Waals surface area (Å²) in [5.74, 6) is 1.91. The van der Waals surface area contributed by atoms with Crippen molar-refractivity contribution in [1.29, 1.82) is 0 Å². The number of halogens is 3. The van der Waals surface area contributed by atoms with Crippen molar-refractivity contribution < 1.29 is 18.0 Å². The van der Waals surface area contributed by atoms with Crippen molar-refractivity contribution >= 4 is 29.2 Å². The average molecular weight is 563 g/mol. The van der Waals surface area contributed by atoms with Crippen LogP contribution < -0.4 is 15.5 Å². The van der Waals surface area contributed by atoms with Gasteiger partial charge >= 0.3 is 6.18 Å². The molecule has 0 spiro atoms. The molecule has 12 heteroatoms. The van der Waals surface area contributed by atoms with E-state index in [0.29, 0.717) is 29.9 Å². The molecule has 2 fully saturated rings. The van der Waals surface area contributed by atoms with Crippen molar-refractivity contribution in [2.75, 3.05) is 41.7 Å². The highest BCUT2D eigenvalue weighted by Crippen LogP contribution is 2.39. The Morgan fingerprint density at radius 1 is 0.976 bits per heavy atom. The molecule has 1 amide bonds. The second-order valence-corrected chi connectivity index (χ2v) is 10.3. The van der Waals surface area contributed by atoms with E-state index in [4.69, 9.17) is 0 Å². The monoisotopic (exact) mass is 562 g/mol. The van der Waals surface area contributed by atoms with Gasteiger partial charge in [0.05, 0.1) is 11.1 Å². The third-order valence-corrected chi connectivity index (χ3v) is 7.26. The Morgan fingerprint density at radius 2 is 1.73 bits per heavy atom. The molecule has 6 rings (SSSR count). The quantitative estimate of drug-likeness (QED) is 0.264. The van der Waals surface area contributed by atoms with Crippen LogP contribution in [0.15, 0.2) is 66.9 Å². The van der Waals surface area contributed by atoms with Crippen LogP contribution >= 0.6 is 0 Å². The number of piperazine rings is 1. The van der Waals surface area contributed by atoms with Crippen molar-refractivity contribution in [3.63, 3.8) is 0 Å². The number of nitrogens with one attached hydrogen (secondary N) is 3. The Labute approximate surface area is 234 Å². The Morgan fingerprint density at radius 3 is 2.46 bits per heavy atom. The van der Waals surface area contributed by atoms with E-state index in [1.807, 2.05) is 24.3 Å². The van der Waals surface area contributed by atoms with Gasteiger partial charge in [0.25, 0.3) is 5.91 Å². The molecule has 4 aromatic rings. The summed E-state index contributed by atoms with van der Waals surface area (Å²) in [7, 11) is 0. The molecule has 0 unspecified atom stereocenters. The first-order chi connectivity index (χ1) is 19.8. The second kappa shape index (κ2) is 11.2. The molecule has 9 nitrogen and oxygen atoms in total. The van der Waals surface area contributed by atoms with Crippen LogP contribution in [0.5, 0.6) is 0 Å². The van der Waals surface area contributed by atoms with Crippen LogP contribution in [0.25, 0.3) is 0 Å². The number of hydrogen-bond donors (Lipinski definition) is 3. The van der Waals surface area contributed by atoms with Crippen molar-refractivity contribution in [1.82, 2.24) is 25.1 Å². The highest BCUT2D eigenvalue weighted by molar-refractivity contribution is 6.05. The van der Waals surface area contributed by atoms with Gasteiger partial charge in [-0.05, 0) is 48.7 Å². The maximum Gasteiger partial charge on any atom is 0.417 e. The van der Waals surface area contributed by atoms with Crippen LogP contribution in [-0.2, 0) is 12.7 Å². The molecular weight excluding hydrogens is 533 g/mol. The smallest absolute Gasteiger partial charge is 0.338 e. The first kappa shape index (κ1) is 26.8. The minimum atomic E-state index is -4.60. The summed E-state index contributed by atoms with van der Waals surface area (Å²) in [5, 5.41) is 13.2. The SMILES string of the molecule is O=C(Nc1ccc(CN2CCN(c3nccc(Nc4cc(C5CC5)[nH]n4)n3)CC2)cc1)c1ccccc1C(F)(F)F. The number of amides is 1. The molecule has 1 saturated carbocycles. The highest BCUT2D eigenvalue weighted by atomic mass is 19.4. The first-order valence-electron chi connectivity index (χ1n) is 13.5. The fourth-order valence-electron chi connectivity index (χ4n) is 4.89. The third-order valence-electron chi connectivity index (χ3n) is 7.26. The predicted molar refractivity (Wildman–Crippen MR) is 149 cm³/mol. The molecule has 0 radical (unpaired) electrons. The Kier molecular flexibility index (Phi) is 7.31. The van der Waals surface area contributed by atoms with E-state index in [9.17, 15) is 18.0 Å². The van der Waals surface area contributed by atoms with Crippen molar-refractivity contribution in [2.45, 2.75) is 31.5 Å². The Hall–Kier alpha value is -4.45. The molecule has 0 bridgehead atoms. The fraction of sp³-hybridized carbons (Fsp3) is 0.310. The standard InChI is InChI=1S/C29H29F3N8O/c30-29(31,32)23-4-2-1-3-22(23)27(41)34-21-9-5-19(6-10-21)18-39-13-15-40(16-14-39)28-33-12-11-25(36-28)35-26-17-24(37-38-26)20-7-8-20/h1-6,9-12,17,20H,7-8,13-16,18H2,(H,34,41)(H2,33,35,36,37,38). The van der Waals surface area contributed by atoms with Gasteiger partial charge in [-0.2, -0.15) is 23.3 Å². The van der Waals surface area contributed by atoms with Crippen LogP contribution in [0.3, 0.4) is 0 Å². The average Bonchev–Trinajstić information content (AvgIpc) is 3.72. The lowest BCUT2D eigenvalue weighted by atomic mass is 10.1. The van der Waals surface area contributed by atoms with Crippen LogP contribution in [0, 0.1) is 0 Å². The number of carbonyl (C=O) groups excluding carboxylic acids is 1. The van der Waals surface area contributed by atoms with E-state index in [0.717, 1.165) is 49.3 Å². The number of hydrogen-bond acceptors (Lipinski definition) is 7. The zero-order chi connectivity index (χ0) is 28.4. The summed E-state index contributed by atoms with van der Waals surface area (Å²) in [6.45, 7) is 3.88. The van der Waals surface area contributed by atoms with Crippen LogP contribution in [-0.4, -0.2) is 57.2 Å². The normalized spacial score (nSPS) is 16.0. The number of aromatic amines is 1. The van der Waals surface area contributed by atoms with Crippen molar-refractivity contribution in [3.8, 4) is 0 Å². The van der Waals surface area contributed by atoms with Gasteiger partial charge < -0.3 is 15.5 Å². The van der Waals surface area contributed by atoms with E-state index in [-0.39, 0.29) is 0 Å². The summed E-state index contributed by atoms with van der Waals surface area (Å²) in [4.78, 5) is 26.1. The van der Waals surface area contributed by atoms with E-state index in [1.54, 1.807) is 18.3 Å². The maximum absolute atomic E-state index is 13.3. The van der Waals surface area contributed by atoms with Crippen LogP contribution in [0.4, 0.5) is 36.4 Å². The number of nitrogens with zero attached hydrogens (tertiary/aromatic N) is 5. The molecule has 1 aliphatic heterocycles. The topological polar surface area (TPSA) is 102 Å². The van der Waals surface area contributed by atoms with Gasteiger partial charge in [-0.3, -0.25) is 14.8 Å². The van der Waals surface area contributed by atoms with E-state index in [1.165, 1.54) is 31.0 Å². The van der Waals surface area contributed by atoms with Crippen molar-refractivity contribution in [3.05, 3.63) is 89.2 Å². The Bertz CT molecular complexity index is 1510. The van der Waals surface area contributed by atoms with Gasteiger partial charge in [0, 0.05) is 62.3 Å². The van der Waals surface area contributed by atoms with Gasteiger partial charge in [0.2, 0.25) is 5.95 Å². The number of H-pyrrole nitrogens is 1. The molecule has 1 aliphatic carbocycles. The molecule has 41 heavy (non-hydrogen) atoms. The number of aromatic nitrogens is 4. The number of carbonyl (C=O) groups is 1. The molecule has 3 heterocycles. The fourth-order valence-corrected chi connectivity index (χ4v) is 4.89. The molecule has 0 atom stereocenters. The van der Waals surface area contributed by atoms with Gasteiger partial charge in [-0.1, -0.05) is 24.3 Å². The van der Waals surface area contributed by atoms with Gasteiger partial charge in [0.15, 0.2) is 5.82 Å². The maximum atomic E-state index is 13.3. The lowest BCUT2D eigenvalue weighted by Gasteiger charge is -2.34. The second-order valence-electron chi connectivity index (χ2n) is 10.3. The molecule has 3 N–H and O–H groups in total. The number of rotatable bonds is 8. The minimum absolute atomic E-state index is 0.406.